The highest BCUT2D eigenvalue weighted by atomic mass is 16.5. The number of fused-ring (bicyclic) bond motifs is 1. The quantitative estimate of drug-likeness (QED) is 0.560. The molecule has 0 bridgehead atoms. The van der Waals surface area contributed by atoms with Crippen LogP contribution in [0.1, 0.15) is 30.1 Å². The average molecular weight is 311 g/mol. The lowest BCUT2D eigenvalue weighted by Gasteiger charge is -2.02. The van der Waals surface area contributed by atoms with Crippen LogP contribution in [0.25, 0.3) is 11.0 Å². The van der Waals surface area contributed by atoms with Gasteiger partial charge < -0.3 is 14.1 Å². The number of nitrogens with zero attached hydrogens (tertiary/aromatic N) is 1. The summed E-state index contributed by atoms with van der Waals surface area (Å²) in [5, 5.41) is 5.01. The first-order valence-electron chi connectivity index (χ1n) is 7.32. The molecule has 0 saturated heterocycles. The molecule has 1 aromatic carbocycles. The van der Waals surface area contributed by atoms with Crippen molar-refractivity contribution < 1.29 is 13.9 Å². The van der Waals surface area contributed by atoms with E-state index in [1.165, 1.54) is 0 Å². The Bertz CT molecular complexity index is 847. The Balaban J connectivity index is 1.83. The van der Waals surface area contributed by atoms with Gasteiger partial charge in [0.2, 0.25) is 0 Å². The third-order valence-corrected chi connectivity index (χ3v) is 3.33. The highest BCUT2D eigenvalue weighted by molar-refractivity contribution is 6.01. The zero-order chi connectivity index (χ0) is 16.2. The van der Waals surface area contributed by atoms with E-state index in [4.69, 9.17) is 9.15 Å². The number of H-pyrrole nitrogens is 1. The summed E-state index contributed by atoms with van der Waals surface area (Å²) in [6, 6.07) is 11.0. The first kappa shape index (κ1) is 14.9. The Morgan fingerprint density at radius 1 is 1.35 bits per heavy atom. The van der Waals surface area contributed by atoms with Gasteiger partial charge >= 0.3 is 0 Å². The van der Waals surface area contributed by atoms with Gasteiger partial charge in [0, 0.05) is 11.6 Å². The van der Waals surface area contributed by atoms with Crippen LogP contribution in [0.2, 0.25) is 0 Å². The zero-order valence-electron chi connectivity index (χ0n) is 12.9. The molecule has 0 saturated carbocycles. The Hall–Kier alpha value is -3.02. The molecule has 3 rings (SSSR count). The van der Waals surface area contributed by atoms with Crippen LogP contribution in [0.4, 0.5) is 0 Å². The molecule has 0 unspecified atom stereocenters. The van der Waals surface area contributed by atoms with Crippen molar-refractivity contribution in [3.8, 4) is 5.75 Å². The molecule has 0 radical (unpaired) electrons. The van der Waals surface area contributed by atoms with Gasteiger partial charge in [-0.1, -0.05) is 12.1 Å². The van der Waals surface area contributed by atoms with Crippen LogP contribution >= 0.6 is 0 Å². The van der Waals surface area contributed by atoms with Crippen LogP contribution in [0.3, 0.4) is 0 Å². The number of ether oxygens (including phenoxy) is 1. The van der Waals surface area contributed by atoms with E-state index in [-0.39, 0.29) is 5.91 Å². The van der Waals surface area contributed by atoms with E-state index in [9.17, 15) is 4.79 Å². The summed E-state index contributed by atoms with van der Waals surface area (Å²) in [7, 11) is 0. The topological polar surface area (TPSA) is 79.6 Å². The van der Waals surface area contributed by atoms with Gasteiger partial charge in [0.15, 0.2) is 17.1 Å². The minimum atomic E-state index is -0.305. The predicted molar refractivity (Wildman–Crippen MR) is 87.9 cm³/mol. The van der Waals surface area contributed by atoms with Crippen molar-refractivity contribution in [2.45, 2.75) is 13.8 Å². The van der Waals surface area contributed by atoms with E-state index in [2.05, 4.69) is 15.5 Å². The van der Waals surface area contributed by atoms with Gasteiger partial charge in [-0.25, -0.2) is 5.43 Å². The highest BCUT2D eigenvalue weighted by Crippen LogP contribution is 2.29. The predicted octanol–water partition coefficient (Wildman–Crippen LogP) is 3.31. The Morgan fingerprint density at radius 2 is 2.22 bits per heavy atom. The maximum atomic E-state index is 11.9. The summed E-state index contributed by atoms with van der Waals surface area (Å²) in [4.78, 5) is 14.7. The molecule has 2 aromatic heterocycles. The number of carbonyl (C=O) groups excluding carboxylic acids is 1. The van der Waals surface area contributed by atoms with E-state index in [0.717, 1.165) is 5.39 Å². The molecule has 3 aromatic rings. The summed E-state index contributed by atoms with van der Waals surface area (Å²) in [6.07, 6.45) is 1.68. The molecule has 118 valence electrons. The molecular formula is C17H17N3O3. The number of aromatic nitrogens is 1. The summed E-state index contributed by atoms with van der Waals surface area (Å²) in [5.74, 6) is 0.971. The third kappa shape index (κ3) is 3.11. The van der Waals surface area contributed by atoms with Crippen molar-refractivity contribution >= 4 is 22.6 Å². The summed E-state index contributed by atoms with van der Waals surface area (Å²) < 4.78 is 11.4. The van der Waals surface area contributed by atoms with Crippen LogP contribution in [-0.2, 0) is 0 Å². The van der Waals surface area contributed by atoms with Crippen LogP contribution in [0.5, 0.6) is 5.75 Å². The second-order valence-electron chi connectivity index (χ2n) is 4.94. The highest BCUT2D eigenvalue weighted by Gasteiger charge is 2.11. The molecule has 0 fully saturated rings. The van der Waals surface area contributed by atoms with Crippen molar-refractivity contribution in [3.63, 3.8) is 0 Å². The largest absolute Gasteiger partial charge is 0.490 e. The number of furan rings is 1. The molecular weight excluding hydrogens is 294 g/mol. The summed E-state index contributed by atoms with van der Waals surface area (Å²) >= 11 is 0. The smallest absolute Gasteiger partial charge is 0.287 e. The van der Waals surface area contributed by atoms with Gasteiger partial charge in [0.05, 0.1) is 6.61 Å². The molecule has 6 nitrogen and oxygen atoms in total. The minimum Gasteiger partial charge on any atom is -0.490 e. The zero-order valence-corrected chi connectivity index (χ0v) is 12.9. The maximum Gasteiger partial charge on any atom is 0.287 e. The number of para-hydroxylation sites is 1. The summed E-state index contributed by atoms with van der Waals surface area (Å²) in [5.41, 5.74) is 4.19. The van der Waals surface area contributed by atoms with Crippen molar-refractivity contribution in [1.82, 2.24) is 10.4 Å². The van der Waals surface area contributed by atoms with Gasteiger partial charge in [0.1, 0.15) is 11.4 Å². The molecule has 1 amide bonds. The van der Waals surface area contributed by atoms with E-state index in [1.807, 2.05) is 31.2 Å². The molecule has 0 atom stereocenters. The second kappa shape index (κ2) is 6.39. The number of amides is 1. The van der Waals surface area contributed by atoms with E-state index >= 15 is 0 Å². The number of benzene rings is 1. The molecule has 6 heteroatoms. The van der Waals surface area contributed by atoms with Crippen LogP contribution in [0, 0.1) is 0 Å². The Kier molecular flexibility index (Phi) is 4.14. The van der Waals surface area contributed by atoms with Gasteiger partial charge in [-0.3, -0.25) is 4.79 Å². The Morgan fingerprint density at radius 3 is 2.96 bits per heavy atom. The van der Waals surface area contributed by atoms with Gasteiger partial charge in [-0.2, -0.15) is 5.10 Å². The monoisotopic (exact) mass is 311 g/mol. The lowest BCUT2D eigenvalue weighted by Crippen LogP contribution is -2.19. The molecule has 23 heavy (non-hydrogen) atoms. The fourth-order valence-corrected chi connectivity index (χ4v) is 2.21. The molecule has 0 aliphatic heterocycles. The number of hydrogen-bond donors (Lipinski definition) is 2. The average Bonchev–Trinajstić information content (AvgIpc) is 3.22. The molecule has 2 N–H and O–H groups in total. The van der Waals surface area contributed by atoms with Crippen molar-refractivity contribution in [2.24, 2.45) is 5.10 Å². The number of hydrogen-bond acceptors (Lipinski definition) is 4. The molecule has 2 heterocycles. The van der Waals surface area contributed by atoms with Crippen molar-refractivity contribution in [3.05, 3.63) is 54.0 Å². The Labute approximate surface area is 133 Å². The number of aromatic amines is 1. The first-order chi connectivity index (χ1) is 11.2. The van der Waals surface area contributed by atoms with Crippen molar-refractivity contribution in [2.75, 3.05) is 6.61 Å². The van der Waals surface area contributed by atoms with Crippen LogP contribution in [-0.4, -0.2) is 23.2 Å². The fraction of sp³-hybridized carbons (Fsp3) is 0.176. The normalized spacial score (nSPS) is 11.7. The van der Waals surface area contributed by atoms with E-state index < -0.39 is 0 Å². The molecule has 0 aliphatic carbocycles. The van der Waals surface area contributed by atoms with Gasteiger partial charge in [0.25, 0.3) is 5.91 Å². The lowest BCUT2D eigenvalue weighted by molar-refractivity contribution is 0.0950. The lowest BCUT2D eigenvalue weighted by atomic mass is 10.2. The third-order valence-electron chi connectivity index (χ3n) is 3.33. The standard InChI is InChI=1S/C17H17N3O3/c1-3-22-14-8-4-6-12-10-15(23-16(12)14)11(2)19-20-17(21)13-7-5-9-18-13/h4-10,18H,3H2,1-2H3,(H,20,21)/b19-11-. The van der Waals surface area contributed by atoms with E-state index in [1.54, 1.807) is 25.3 Å². The van der Waals surface area contributed by atoms with Crippen molar-refractivity contribution in [1.29, 1.82) is 0 Å². The van der Waals surface area contributed by atoms with Crippen LogP contribution in [0.15, 0.2) is 52.1 Å². The van der Waals surface area contributed by atoms with Gasteiger partial charge in [-0.05, 0) is 38.1 Å². The SMILES string of the molecule is CCOc1cccc2cc(/C(C)=N\NC(=O)c3ccc[nH]3)oc12. The summed E-state index contributed by atoms with van der Waals surface area (Å²) in [6.45, 7) is 4.26. The second-order valence-corrected chi connectivity index (χ2v) is 4.94. The molecule has 0 spiro atoms. The molecule has 0 aliphatic rings. The van der Waals surface area contributed by atoms with Crippen LogP contribution < -0.4 is 10.2 Å². The first-order valence-corrected chi connectivity index (χ1v) is 7.32. The van der Waals surface area contributed by atoms with Gasteiger partial charge in [-0.15, -0.1) is 0 Å². The maximum absolute atomic E-state index is 11.9. The number of hydrazone groups is 1. The fourth-order valence-electron chi connectivity index (χ4n) is 2.21. The number of carbonyl (C=O) groups is 1. The minimum absolute atomic E-state index is 0.305. The number of rotatable bonds is 5. The van der Waals surface area contributed by atoms with E-state index in [0.29, 0.717) is 35.1 Å². The number of nitrogens with one attached hydrogen (secondary N) is 2.